The van der Waals surface area contributed by atoms with E-state index in [1.54, 1.807) is 18.2 Å². The molecule has 0 heterocycles. The summed E-state index contributed by atoms with van der Waals surface area (Å²) in [6.45, 7) is -0.241. The summed E-state index contributed by atoms with van der Waals surface area (Å²) < 4.78 is 15.1. The predicted octanol–water partition coefficient (Wildman–Crippen LogP) is 2.21. The predicted molar refractivity (Wildman–Crippen MR) is 94.5 cm³/mol. The van der Waals surface area contributed by atoms with E-state index in [2.05, 4.69) is 10.1 Å². The number of ether oxygens (including phenoxy) is 3. The average molecular weight is 358 g/mol. The van der Waals surface area contributed by atoms with Gasteiger partial charge in [0, 0.05) is 6.04 Å². The zero-order chi connectivity index (χ0) is 18.9. The number of benzene rings is 1. The van der Waals surface area contributed by atoms with Gasteiger partial charge in [-0.25, -0.2) is 4.79 Å². The third-order valence-electron chi connectivity index (χ3n) is 4.13. The Morgan fingerprint density at radius 2 is 2.00 bits per heavy atom. The lowest BCUT2D eigenvalue weighted by Gasteiger charge is -2.12. The molecule has 2 rings (SSSR count). The molecule has 7 nitrogen and oxygen atoms in total. The lowest BCUT2D eigenvalue weighted by atomic mass is 10.1. The van der Waals surface area contributed by atoms with Gasteiger partial charge in [0.25, 0.3) is 5.91 Å². The molecule has 1 aromatic rings. The van der Waals surface area contributed by atoms with Crippen LogP contribution in [-0.2, 0) is 14.3 Å². The van der Waals surface area contributed by atoms with Crippen LogP contribution in [0.1, 0.15) is 31.2 Å². The van der Waals surface area contributed by atoms with Gasteiger partial charge in [-0.15, -0.1) is 0 Å². The smallest absolute Gasteiger partial charge is 0.343 e. The Morgan fingerprint density at radius 1 is 1.27 bits per heavy atom. The van der Waals surface area contributed by atoms with E-state index < -0.39 is 5.97 Å². The minimum atomic E-state index is -0.508. The molecule has 0 spiro atoms. The Balaban J connectivity index is 2.12. The fourth-order valence-corrected chi connectivity index (χ4v) is 2.74. The first-order valence-corrected chi connectivity index (χ1v) is 8.37. The minimum absolute atomic E-state index is 0.0298. The molecule has 0 atom stereocenters. The van der Waals surface area contributed by atoms with Gasteiger partial charge in [-0.2, -0.15) is 5.26 Å². The van der Waals surface area contributed by atoms with E-state index >= 15 is 0 Å². The Hall–Kier alpha value is -3.01. The molecule has 1 amide bonds. The molecule has 0 bridgehead atoms. The number of hydrogen-bond acceptors (Lipinski definition) is 6. The first kappa shape index (κ1) is 19.3. The zero-order valence-corrected chi connectivity index (χ0v) is 14.9. The number of nitrogens with zero attached hydrogens (tertiary/aromatic N) is 1. The lowest BCUT2D eigenvalue weighted by molar-refractivity contribution is -0.142. The van der Waals surface area contributed by atoms with Gasteiger partial charge >= 0.3 is 5.97 Å². The van der Waals surface area contributed by atoms with E-state index in [9.17, 15) is 14.9 Å². The standard InChI is InChI=1S/C19H22N2O5/c1-24-17-10-13(7-8-16(17)26-12-18(22)25-2)9-14(11-20)19(23)21-15-5-3-4-6-15/h7-10,15H,3-6,12H2,1-2H3,(H,21,23)/b14-9-. The minimum Gasteiger partial charge on any atom is -0.493 e. The van der Waals surface area contributed by atoms with Gasteiger partial charge in [-0.3, -0.25) is 4.79 Å². The molecule has 0 unspecified atom stereocenters. The number of rotatable bonds is 7. The molecule has 1 aliphatic rings. The number of nitriles is 1. The van der Waals surface area contributed by atoms with Crippen LogP contribution >= 0.6 is 0 Å². The van der Waals surface area contributed by atoms with Gasteiger partial charge in [0.1, 0.15) is 11.6 Å². The van der Waals surface area contributed by atoms with Crippen LogP contribution in [0.25, 0.3) is 6.08 Å². The summed E-state index contributed by atoms with van der Waals surface area (Å²) in [4.78, 5) is 23.4. The second kappa shape index (κ2) is 9.47. The van der Waals surface area contributed by atoms with Crippen molar-refractivity contribution in [2.45, 2.75) is 31.7 Å². The van der Waals surface area contributed by atoms with Crippen molar-refractivity contribution in [3.8, 4) is 17.6 Å². The van der Waals surface area contributed by atoms with E-state index in [0.29, 0.717) is 17.1 Å². The van der Waals surface area contributed by atoms with Crippen LogP contribution in [0.5, 0.6) is 11.5 Å². The second-order valence-corrected chi connectivity index (χ2v) is 5.90. The van der Waals surface area contributed by atoms with Gasteiger partial charge in [-0.1, -0.05) is 18.9 Å². The average Bonchev–Trinajstić information content (AvgIpc) is 3.17. The highest BCUT2D eigenvalue weighted by Gasteiger charge is 2.19. The van der Waals surface area contributed by atoms with Crippen molar-refractivity contribution >= 4 is 18.0 Å². The van der Waals surface area contributed by atoms with Crippen molar-refractivity contribution in [3.63, 3.8) is 0 Å². The maximum Gasteiger partial charge on any atom is 0.343 e. The van der Waals surface area contributed by atoms with Crippen molar-refractivity contribution in [1.29, 1.82) is 5.26 Å². The first-order chi connectivity index (χ1) is 12.6. The molecular weight excluding hydrogens is 336 g/mol. The quantitative estimate of drug-likeness (QED) is 0.456. The van der Waals surface area contributed by atoms with E-state index in [0.717, 1.165) is 25.7 Å². The van der Waals surface area contributed by atoms with Crippen LogP contribution in [0.15, 0.2) is 23.8 Å². The van der Waals surface area contributed by atoms with Gasteiger partial charge in [0.05, 0.1) is 14.2 Å². The lowest BCUT2D eigenvalue weighted by Crippen LogP contribution is -2.33. The summed E-state index contributed by atoms with van der Waals surface area (Å²) in [6, 6.07) is 7.00. The number of carbonyl (C=O) groups is 2. The highest BCUT2D eigenvalue weighted by atomic mass is 16.6. The summed E-state index contributed by atoms with van der Waals surface area (Å²) in [5.74, 6) is -0.129. The molecule has 0 aliphatic heterocycles. The van der Waals surface area contributed by atoms with Crippen molar-refractivity contribution in [3.05, 3.63) is 29.3 Å². The van der Waals surface area contributed by atoms with Gasteiger partial charge in [0.15, 0.2) is 18.1 Å². The molecule has 0 saturated heterocycles. The highest BCUT2D eigenvalue weighted by Crippen LogP contribution is 2.29. The van der Waals surface area contributed by atoms with Crippen molar-refractivity contribution in [2.75, 3.05) is 20.8 Å². The number of carbonyl (C=O) groups excluding carboxylic acids is 2. The van der Waals surface area contributed by atoms with E-state index in [-0.39, 0.29) is 24.1 Å². The molecular formula is C19H22N2O5. The van der Waals surface area contributed by atoms with Crippen molar-refractivity contribution in [1.82, 2.24) is 5.32 Å². The SMILES string of the molecule is COC(=O)COc1ccc(/C=C(/C#N)C(=O)NC2CCCC2)cc1OC. The Bertz CT molecular complexity index is 730. The van der Waals surface area contributed by atoms with Crippen molar-refractivity contribution < 1.29 is 23.8 Å². The van der Waals surface area contributed by atoms with E-state index in [1.807, 2.05) is 6.07 Å². The Labute approximate surface area is 152 Å². The Kier molecular flexibility index (Phi) is 7.03. The summed E-state index contributed by atoms with van der Waals surface area (Å²) in [6.07, 6.45) is 5.59. The molecule has 0 radical (unpaired) electrons. The number of methoxy groups -OCH3 is 2. The summed E-state index contributed by atoms with van der Waals surface area (Å²) >= 11 is 0. The van der Waals surface area contributed by atoms with Crippen LogP contribution in [0.4, 0.5) is 0 Å². The van der Waals surface area contributed by atoms with Crippen molar-refractivity contribution in [2.24, 2.45) is 0 Å². The molecule has 1 saturated carbocycles. The van der Waals surface area contributed by atoms with Gasteiger partial charge in [-0.05, 0) is 36.6 Å². The van der Waals surface area contributed by atoms with E-state index in [1.165, 1.54) is 20.3 Å². The number of esters is 1. The fraction of sp³-hybridized carbons (Fsp3) is 0.421. The maximum absolute atomic E-state index is 12.3. The molecule has 1 N–H and O–H groups in total. The monoisotopic (exact) mass is 358 g/mol. The first-order valence-electron chi connectivity index (χ1n) is 8.37. The molecule has 7 heteroatoms. The molecule has 1 aliphatic carbocycles. The zero-order valence-electron chi connectivity index (χ0n) is 14.9. The number of hydrogen-bond donors (Lipinski definition) is 1. The molecule has 0 aromatic heterocycles. The molecule has 1 aromatic carbocycles. The summed E-state index contributed by atoms with van der Waals surface area (Å²) in [5, 5.41) is 12.2. The largest absolute Gasteiger partial charge is 0.493 e. The summed E-state index contributed by atoms with van der Waals surface area (Å²) in [5.41, 5.74) is 0.646. The molecule has 138 valence electrons. The van der Waals surface area contributed by atoms with Gasteiger partial charge in [0.2, 0.25) is 0 Å². The third kappa shape index (κ3) is 5.24. The third-order valence-corrected chi connectivity index (χ3v) is 4.13. The number of nitrogens with one attached hydrogen (secondary N) is 1. The topological polar surface area (TPSA) is 97.7 Å². The van der Waals surface area contributed by atoms with Gasteiger partial charge < -0.3 is 19.5 Å². The maximum atomic E-state index is 12.3. The van der Waals surface area contributed by atoms with Crippen LogP contribution in [0.2, 0.25) is 0 Å². The van der Waals surface area contributed by atoms with Crippen LogP contribution in [0.3, 0.4) is 0 Å². The van der Waals surface area contributed by atoms with Crippen LogP contribution in [0, 0.1) is 11.3 Å². The second-order valence-electron chi connectivity index (χ2n) is 5.90. The molecule has 1 fully saturated rings. The Morgan fingerprint density at radius 3 is 2.62 bits per heavy atom. The number of amides is 1. The highest BCUT2D eigenvalue weighted by molar-refractivity contribution is 6.01. The normalized spacial score (nSPS) is 14.4. The summed E-state index contributed by atoms with van der Waals surface area (Å²) in [7, 11) is 2.74. The van der Waals surface area contributed by atoms with E-state index in [4.69, 9.17) is 9.47 Å². The molecule has 26 heavy (non-hydrogen) atoms. The van der Waals surface area contributed by atoms with Crippen LogP contribution in [-0.4, -0.2) is 38.7 Å². The fourth-order valence-electron chi connectivity index (χ4n) is 2.74. The van der Waals surface area contributed by atoms with Crippen LogP contribution < -0.4 is 14.8 Å².